The largest absolute Gasteiger partial charge is 0.460 e. The van der Waals surface area contributed by atoms with Crippen LogP contribution in [-0.2, 0) is 0 Å². The van der Waals surface area contributed by atoms with E-state index in [0.29, 0.717) is 0 Å². The summed E-state index contributed by atoms with van der Waals surface area (Å²) in [5, 5.41) is 0. The summed E-state index contributed by atoms with van der Waals surface area (Å²) in [7, 11) is 0. The van der Waals surface area contributed by atoms with Crippen LogP contribution in [0.25, 0.3) is 0 Å². The molecule has 0 radical (unpaired) electrons. The van der Waals surface area contributed by atoms with Crippen molar-refractivity contribution in [3.8, 4) is 5.75 Å². The molecule has 0 atom stereocenters. The lowest BCUT2D eigenvalue weighted by molar-refractivity contribution is 0.238. The standard InChI is InChI=1S/C14H19ClO/c1-4-14(3,5-2)13(11-15)16-12-9-7-6-8-10-12/h6-11H,4-5H2,1-3H3/b13-11-. The second-order valence-electron chi connectivity index (χ2n) is 4.16. The molecule has 0 unspecified atom stereocenters. The molecule has 0 amide bonds. The van der Waals surface area contributed by atoms with Crippen molar-refractivity contribution in [2.24, 2.45) is 5.41 Å². The summed E-state index contributed by atoms with van der Waals surface area (Å²) in [5.74, 6) is 1.67. The minimum atomic E-state index is 0.0115. The topological polar surface area (TPSA) is 9.23 Å². The van der Waals surface area contributed by atoms with E-state index in [1.165, 1.54) is 0 Å². The van der Waals surface area contributed by atoms with Gasteiger partial charge in [-0.15, -0.1) is 0 Å². The normalized spacial score (nSPS) is 12.6. The van der Waals surface area contributed by atoms with E-state index >= 15 is 0 Å². The quantitative estimate of drug-likeness (QED) is 0.658. The molecule has 1 aromatic rings. The number of rotatable bonds is 5. The molecule has 16 heavy (non-hydrogen) atoms. The number of halogens is 1. The summed E-state index contributed by atoms with van der Waals surface area (Å²) in [4.78, 5) is 0. The van der Waals surface area contributed by atoms with Crippen LogP contribution in [0.2, 0.25) is 0 Å². The Morgan fingerprint density at radius 1 is 1.25 bits per heavy atom. The van der Waals surface area contributed by atoms with E-state index in [1.807, 2.05) is 30.3 Å². The summed E-state index contributed by atoms with van der Waals surface area (Å²) in [6.45, 7) is 6.47. The van der Waals surface area contributed by atoms with Gasteiger partial charge in [0.2, 0.25) is 0 Å². The third-order valence-electron chi connectivity index (χ3n) is 3.23. The van der Waals surface area contributed by atoms with E-state index in [1.54, 1.807) is 5.54 Å². The molecule has 2 heteroatoms. The van der Waals surface area contributed by atoms with Crippen molar-refractivity contribution < 1.29 is 4.74 Å². The fourth-order valence-electron chi connectivity index (χ4n) is 1.49. The number of benzene rings is 1. The van der Waals surface area contributed by atoms with Gasteiger partial charge in [-0.1, -0.05) is 50.6 Å². The van der Waals surface area contributed by atoms with Crippen LogP contribution < -0.4 is 4.74 Å². The van der Waals surface area contributed by atoms with Gasteiger partial charge in [-0.05, 0) is 25.0 Å². The lowest BCUT2D eigenvalue weighted by atomic mass is 9.83. The van der Waals surface area contributed by atoms with Crippen molar-refractivity contribution >= 4 is 11.6 Å². The first kappa shape index (κ1) is 13.1. The molecule has 1 rings (SSSR count). The zero-order chi connectivity index (χ0) is 12.0. The number of allylic oxidation sites excluding steroid dienone is 1. The van der Waals surface area contributed by atoms with Crippen molar-refractivity contribution in [3.05, 3.63) is 41.6 Å². The zero-order valence-electron chi connectivity index (χ0n) is 10.2. The van der Waals surface area contributed by atoms with Gasteiger partial charge in [0.25, 0.3) is 0 Å². The Labute approximate surface area is 103 Å². The van der Waals surface area contributed by atoms with E-state index in [-0.39, 0.29) is 5.41 Å². The first-order chi connectivity index (χ1) is 7.66. The van der Waals surface area contributed by atoms with Gasteiger partial charge in [0.15, 0.2) is 0 Å². The number of ether oxygens (including phenoxy) is 1. The molecule has 0 bridgehead atoms. The monoisotopic (exact) mass is 238 g/mol. The van der Waals surface area contributed by atoms with Crippen molar-refractivity contribution in [2.45, 2.75) is 33.6 Å². The van der Waals surface area contributed by atoms with Gasteiger partial charge >= 0.3 is 0 Å². The van der Waals surface area contributed by atoms with Gasteiger partial charge < -0.3 is 4.74 Å². The summed E-state index contributed by atoms with van der Waals surface area (Å²) < 4.78 is 5.84. The van der Waals surface area contributed by atoms with E-state index in [9.17, 15) is 0 Å². The van der Waals surface area contributed by atoms with Gasteiger partial charge in [0, 0.05) is 11.0 Å². The Kier molecular flexibility index (Phi) is 4.88. The van der Waals surface area contributed by atoms with Crippen LogP contribution >= 0.6 is 11.6 Å². The van der Waals surface area contributed by atoms with E-state index in [4.69, 9.17) is 16.3 Å². The maximum Gasteiger partial charge on any atom is 0.127 e. The fraction of sp³-hybridized carbons (Fsp3) is 0.429. The number of para-hydroxylation sites is 1. The second-order valence-corrected chi connectivity index (χ2v) is 4.37. The molecule has 88 valence electrons. The second kappa shape index (κ2) is 5.95. The van der Waals surface area contributed by atoms with Crippen molar-refractivity contribution in [2.75, 3.05) is 0 Å². The summed E-state index contributed by atoms with van der Waals surface area (Å²) in [6.07, 6.45) is 2.02. The SMILES string of the molecule is CCC(C)(CC)/C(=C/Cl)Oc1ccccc1. The Balaban J connectivity index is 2.85. The average molecular weight is 239 g/mol. The predicted molar refractivity (Wildman–Crippen MR) is 69.7 cm³/mol. The van der Waals surface area contributed by atoms with Crippen LogP contribution in [0.5, 0.6) is 5.75 Å². The molecule has 0 saturated heterocycles. The Bertz CT molecular complexity index is 339. The predicted octanol–water partition coefficient (Wildman–Crippen LogP) is 4.97. The highest BCUT2D eigenvalue weighted by Gasteiger charge is 2.27. The fourth-order valence-corrected chi connectivity index (χ4v) is 1.80. The van der Waals surface area contributed by atoms with Gasteiger partial charge in [-0.25, -0.2) is 0 Å². The molecule has 0 saturated carbocycles. The first-order valence-electron chi connectivity index (χ1n) is 5.70. The molecular formula is C14H19ClO. The highest BCUT2D eigenvalue weighted by Crippen LogP contribution is 2.36. The minimum Gasteiger partial charge on any atom is -0.460 e. The van der Waals surface area contributed by atoms with E-state index in [2.05, 4.69) is 20.8 Å². The highest BCUT2D eigenvalue weighted by molar-refractivity contribution is 6.25. The van der Waals surface area contributed by atoms with E-state index < -0.39 is 0 Å². The number of hydrogen-bond donors (Lipinski definition) is 0. The smallest absolute Gasteiger partial charge is 0.127 e. The Morgan fingerprint density at radius 3 is 2.25 bits per heavy atom. The molecule has 0 aromatic heterocycles. The molecule has 0 spiro atoms. The van der Waals surface area contributed by atoms with Crippen LogP contribution in [0.4, 0.5) is 0 Å². The van der Waals surface area contributed by atoms with Crippen molar-refractivity contribution in [1.82, 2.24) is 0 Å². The molecule has 1 aromatic carbocycles. The average Bonchev–Trinajstić information content (AvgIpc) is 2.36. The molecule has 0 aliphatic carbocycles. The first-order valence-corrected chi connectivity index (χ1v) is 6.13. The molecule has 0 aliphatic rings. The third kappa shape index (κ3) is 3.02. The van der Waals surface area contributed by atoms with Gasteiger partial charge in [-0.2, -0.15) is 0 Å². The maximum atomic E-state index is 5.87. The maximum absolute atomic E-state index is 5.87. The molecule has 0 N–H and O–H groups in total. The molecular weight excluding hydrogens is 220 g/mol. The van der Waals surface area contributed by atoms with Crippen LogP contribution in [0.1, 0.15) is 33.6 Å². The van der Waals surface area contributed by atoms with Gasteiger partial charge in [0.05, 0.1) is 0 Å². The molecule has 0 fully saturated rings. The molecule has 0 heterocycles. The van der Waals surface area contributed by atoms with Crippen LogP contribution in [0.15, 0.2) is 41.6 Å². The van der Waals surface area contributed by atoms with Crippen molar-refractivity contribution in [3.63, 3.8) is 0 Å². The van der Waals surface area contributed by atoms with Gasteiger partial charge in [-0.3, -0.25) is 0 Å². The summed E-state index contributed by atoms with van der Waals surface area (Å²) in [6, 6.07) is 9.75. The molecule has 0 aliphatic heterocycles. The minimum absolute atomic E-state index is 0.0115. The van der Waals surface area contributed by atoms with Crippen LogP contribution in [0.3, 0.4) is 0 Å². The van der Waals surface area contributed by atoms with Crippen molar-refractivity contribution in [1.29, 1.82) is 0 Å². The lowest BCUT2D eigenvalue weighted by Gasteiger charge is -2.29. The number of hydrogen-bond acceptors (Lipinski definition) is 1. The third-order valence-corrected chi connectivity index (χ3v) is 3.42. The summed E-state index contributed by atoms with van der Waals surface area (Å²) >= 11 is 5.87. The van der Waals surface area contributed by atoms with Gasteiger partial charge in [0.1, 0.15) is 11.5 Å². The Morgan fingerprint density at radius 2 is 1.81 bits per heavy atom. The molecule has 1 nitrogen and oxygen atoms in total. The Hall–Kier alpha value is -0.950. The van der Waals surface area contributed by atoms with Crippen LogP contribution in [0, 0.1) is 5.41 Å². The summed E-state index contributed by atoms with van der Waals surface area (Å²) in [5.41, 5.74) is 1.57. The highest BCUT2D eigenvalue weighted by atomic mass is 35.5. The van der Waals surface area contributed by atoms with Crippen LogP contribution in [-0.4, -0.2) is 0 Å². The zero-order valence-corrected chi connectivity index (χ0v) is 10.9. The lowest BCUT2D eigenvalue weighted by Crippen LogP contribution is -2.21. The van der Waals surface area contributed by atoms with E-state index in [0.717, 1.165) is 24.4 Å².